The summed E-state index contributed by atoms with van der Waals surface area (Å²) in [6.45, 7) is 2.06. The van der Waals surface area contributed by atoms with Gasteiger partial charge in [-0.3, -0.25) is 0 Å². The molecule has 0 fully saturated rings. The van der Waals surface area contributed by atoms with Gasteiger partial charge in [0, 0.05) is 47.5 Å². The average molecular weight is 693 g/mol. The van der Waals surface area contributed by atoms with Crippen LogP contribution in [0.1, 0.15) is 24.1 Å². The van der Waals surface area contributed by atoms with Gasteiger partial charge in [0.25, 0.3) is 0 Å². The third-order valence-electron chi connectivity index (χ3n) is 9.09. The van der Waals surface area contributed by atoms with Gasteiger partial charge >= 0.3 is 0 Å². The largest absolute Gasteiger partial charge is 0.359 e. The van der Waals surface area contributed by atoms with Gasteiger partial charge in [-0.1, -0.05) is 145 Å². The Kier molecular flexibility index (Phi) is 8.32. The summed E-state index contributed by atoms with van der Waals surface area (Å²) in [6.07, 6.45) is 2.17. The molecular formula is C45H32N4S2. The molecule has 1 unspecified atom stereocenters. The van der Waals surface area contributed by atoms with E-state index in [0.29, 0.717) is 5.82 Å². The van der Waals surface area contributed by atoms with Crippen molar-refractivity contribution in [2.24, 2.45) is 4.99 Å². The molecule has 51 heavy (non-hydrogen) atoms. The summed E-state index contributed by atoms with van der Waals surface area (Å²) in [5.74, 6) is 1.49. The molecule has 0 amide bonds. The van der Waals surface area contributed by atoms with E-state index in [4.69, 9.17) is 15.0 Å². The Bertz CT molecular complexity index is 2400. The standard InChI is InChI=1S/C45H32N4S2/c1-29-25-37(30-13-5-2-6-14-30)47-44(46-29)34-21-23-35(33-22-24-42-43(27-33)51-41-20-12-11-19-40(41)50-42)36(26-34)45-48-38(31-15-7-3-8-16-31)28-39(49-45)32-17-9-4-10-18-32/h2-28,37H,1H3,(H,46,47). The molecule has 1 N–H and O–H groups in total. The molecule has 0 saturated carbocycles. The minimum atomic E-state index is 0.0159. The fraction of sp³-hybridized carbons (Fsp3) is 0.0444. The van der Waals surface area contributed by atoms with Crippen LogP contribution in [0.4, 0.5) is 0 Å². The Hall–Kier alpha value is -5.69. The first-order valence-electron chi connectivity index (χ1n) is 17.0. The number of fused-ring (bicyclic) bond motifs is 2. The number of allylic oxidation sites excluding steroid dienone is 1. The molecule has 6 aromatic carbocycles. The lowest BCUT2D eigenvalue weighted by atomic mass is 9.95. The molecule has 4 nitrogen and oxygen atoms in total. The lowest BCUT2D eigenvalue weighted by Crippen LogP contribution is -2.31. The molecule has 6 heteroatoms. The van der Waals surface area contributed by atoms with Crippen molar-refractivity contribution < 1.29 is 0 Å². The number of hydrogen-bond donors (Lipinski definition) is 1. The Labute approximate surface area is 306 Å². The quantitative estimate of drug-likeness (QED) is 0.188. The van der Waals surface area contributed by atoms with Gasteiger partial charge in [0.15, 0.2) is 5.82 Å². The molecule has 3 heterocycles. The zero-order valence-corrected chi connectivity index (χ0v) is 29.5. The molecule has 0 aliphatic carbocycles. The first kappa shape index (κ1) is 31.3. The molecule has 2 aliphatic heterocycles. The van der Waals surface area contributed by atoms with Crippen LogP contribution in [-0.4, -0.2) is 15.8 Å². The smallest absolute Gasteiger partial charge is 0.161 e. The number of aromatic nitrogens is 2. The Balaban J connectivity index is 1.21. The van der Waals surface area contributed by atoms with Crippen LogP contribution in [0.3, 0.4) is 0 Å². The summed E-state index contributed by atoms with van der Waals surface area (Å²) in [4.78, 5) is 20.6. The second-order valence-electron chi connectivity index (χ2n) is 12.6. The van der Waals surface area contributed by atoms with Crippen LogP contribution in [0.2, 0.25) is 0 Å². The predicted octanol–water partition coefficient (Wildman–Crippen LogP) is 11.8. The lowest BCUT2D eigenvalue weighted by Gasteiger charge is -2.24. The summed E-state index contributed by atoms with van der Waals surface area (Å²) >= 11 is 3.66. The minimum Gasteiger partial charge on any atom is -0.359 e. The van der Waals surface area contributed by atoms with E-state index < -0.39 is 0 Å². The summed E-state index contributed by atoms with van der Waals surface area (Å²) in [6, 6.07) is 55.3. The summed E-state index contributed by atoms with van der Waals surface area (Å²) in [5.41, 5.74) is 10.1. The van der Waals surface area contributed by atoms with Crippen LogP contribution >= 0.6 is 23.5 Å². The summed E-state index contributed by atoms with van der Waals surface area (Å²) in [7, 11) is 0. The van der Waals surface area contributed by atoms with Gasteiger partial charge in [-0.15, -0.1) is 0 Å². The highest BCUT2D eigenvalue weighted by atomic mass is 32.2. The van der Waals surface area contributed by atoms with Gasteiger partial charge in [-0.05, 0) is 66.1 Å². The van der Waals surface area contributed by atoms with E-state index in [1.807, 2.05) is 41.7 Å². The number of benzene rings is 6. The zero-order valence-electron chi connectivity index (χ0n) is 27.8. The van der Waals surface area contributed by atoms with Gasteiger partial charge in [-0.25, -0.2) is 15.0 Å². The van der Waals surface area contributed by atoms with E-state index >= 15 is 0 Å². The number of hydrogen-bond acceptors (Lipinski definition) is 6. The molecule has 1 aromatic heterocycles. The number of rotatable bonds is 6. The normalized spacial score (nSPS) is 14.8. The highest BCUT2D eigenvalue weighted by molar-refractivity contribution is 8.05. The van der Waals surface area contributed by atoms with Crippen molar-refractivity contribution >= 4 is 29.4 Å². The molecule has 0 saturated heterocycles. The van der Waals surface area contributed by atoms with Gasteiger partial charge in [0.05, 0.1) is 17.4 Å². The fourth-order valence-electron chi connectivity index (χ4n) is 6.57. The van der Waals surface area contributed by atoms with E-state index in [1.165, 1.54) is 25.1 Å². The highest BCUT2D eigenvalue weighted by Crippen LogP contribution is 2.49. The van der Waals surface area contributed by atoms with E-state index in [1.54, 1.807) is 0 Å². The summed E-state index contributed by atoms with van der Waals surface area (Å²) < 4.78 is 0. The minimum absolute atomic E-state index is 0.0159. The molecule has 0 radical (unpaired) electrons. The first-order valence-corrected chi connectivity index (χ1v) is 18.6. The molecule has 7 aromatic rings. The zero-order chi connectivity index (χ0) is 34.1. The highest BCUT2D eigenvalue weighted by Gasteiger charge is 2.22. The molecule has 0 spiro atoms. The van der Waals surface area contributed by atoms with Crippen LogP contribution in [0, 0.1) is 0 Å². The van der Waals surface area contributed by atoms with E-state index in [2.05, 4.69) is 158 Å². The molecular weight excluding hydrogens is 661 g/mol. The van der Waals surface area contributed by atoms with E-state index in [-0.39, 0.29) is 6.04 Å². The molecule has 244 valence electrons. The van der Waals surface area contributed by atoms with Crippen LogP contribution in [-0.2, 0) is 0 Å². The molecule has 9 rings (SSSR count). The van der Waals surface area contributed by atoms with Crippen molar-refractivity contribution in [2.45, 2.75) is 32.5 Å². The molecule has 0 bridgehead atoms. The third kappa shape index (κ3) is 6.40. The van der Waals surface area contributed by atoms with Crippen molar-refractivity contribution in [1.29, 1.82) is 0 Å². The van der Waals surface area contributed by atoms with Gasteiger partial charge in [0.1, 0.15) is 5.84 Å². The molecule has 1 atom stereocenters. The first-order chi connectivity index (χ1) is 25.1. The van der Waals surface area contributed by atoms with Gasteiger partial charge in [0.2, 0.25) is 0 Å². The van der Waals surface area contributed by atoms with Crippen molar-refractivity contribution in [3.05, 3.63) is 181 Å². The maximum atomic E-state index is 5.27. The number of amidine groups is 1. The maximum absolute atomic E-state index is 5.27. The monoisotopic (exact) mass is 692 g/mol. The predicted molar refractivity (Wildman–Crippen MR) is 211 cm³/mol. The summed E-state index contributed by atoms with van der Waals surface area (Å²) in [5, 5.41) is 3.71. The lowest BCUT2D eigenvalue weighted by molar-refractivity contribution is 0.764. The van der Waals surface area contributed by atoms with Crippen LogP contribution < -0.4 is 5.32 Å². The van der Waals surface area contributed by atoms with E-state index in [9.17, 15) is 0 Å². The van der Waals surface area contributed by atoms with E-state index in [0.717, 1.165) is 56.3 Å². The molecule has 2 aliphatic rings. The van der Waals surface area contributed by atoms with Crippen LogP contribution in [0.15, 0.2) is 194 Å². The SMILES string of the molecule is CC1=CC(c2ccccc2)NC(c2ccc(-c3ccc4c(c3)Sc3ccccc3S4)c(-c3nc(-c4ccccc4)cc(-c4ccccc4)n3)c2)=N1. The maximum Gasteiger partial charge on any atom is 0.161 e. The Morgan fingerprint density at radius 2 is 1.06 bits per heavy atom. The number of nitrogens with one attached hydrogen (secondary N) is 1. The van der Waals surface area contributed by atoms with Crippen molar-refractivity contribution in [2.75, 3.05) is 0 Å². The van der Waals surface area contributed by atoms with Gasteiger partial charge < -0.3 is 5.32 Å². The van der Waals surface area contributed by atoms with Crippen LogP contribution in [0.5, 0.6) is 0 Å². The van der Waals surface area contributed by atoms with Crippen molar-refractivity contribution in [3.63, 3.8) is 0 Å². The second kappa shape index (κ2) is 13.6. The van der Waals surface area contributed by atoms with Crippen molar-refractivity contribution in [1.82, 2.24) is 15.3 Å². The number of aliphatic imine (C=N–C) groups is 1. The Morgan fingerprint density at radius 1 is 0.490 bits per heavy atom. The second-order valence-corrected chi connectivity index (χ2v) is 14.7. The third-order valence-corrected chi connectivity index (χ3v) is 11.6. The topological polar surface area (TPSA) is 50.2 Å². The fourth-order valence-corrected chi connectivity index (χ4v) is 8.82. The van der Waals surface area contributed by atoms with Crippen molar-refractivity contribution in [3.8, 4) is 45.0 Å². The van der Waals surface area contributed by atoms with Crippen LogP contribution in [0.25, 0.3) is 45.0 Å². The Morgan fingerprint density at radius 3 is 1.73 bits per heavy atom. The van der Waals surface area contributed by atoms with Gasteiger partial charge in [-0.2, -0.15) is 0 Å². The average Bonchev–Trinajstić information content (AvgIpc) is 3.20. The number of nitrogens with zero attached hydrogens (tertiary/aromatic N) is 3.